The van der Waals surface area contributed by atoms with E-state index in [1.807, 2.05) is 42.5 Å². The minimum absolute atomic E-state index is 0.200. The van der Waals surface area contributed by atoms with Gasteiger partial charge in [0, 0.05) is 31.1 Å². The molecule has 5 rings (SSSR count). The van der Waals surface area contributed by atoms with Gasteiger partial charge in [-0.15, -0.1) is 11.3 Å². The van der Waals surface area contributed by atoms with Crippen LogP contribution in [0.2, 0.25) is 0 Å². The summed E-state index contributed by atoms with van der Waals surface area (Å²) in [4.78, 5) is 23.1. The molecule has 0 aliphatic heterocycles. The van der Waals surface area contributed by atoms with Crippen LogP contribution >= 0.6 is 11.3 Å². The number of ether oxygens (including phenoxy) is 2. The van der Waals surface area contributed by atoms with Crippen LogP contribution in [0, 0.1) is 0 Å². The van der Waals surface area contributed by atoms with E-state index in [-0.39, 0.29) is 5.97 Å². The Bertz CT molecular complexity index is 1500. The number of esters is 1. The Morgan fingerprint density at radius 1 is 0.780 bits per heavy atom. The fourth-order valence-electron chi connectivity index (χ4n) is 4.42. The van der Waals surface area contributed by atoms with E-state index < -0.39 is 0 Å². The second-order valence-electron chi connectivity index (χ2n) is 9.71. The van der Waals surface area contributed by atoms with Crippen molar-refractivity contribution >= 4 is 22.4 Å². The molecule has 0 N–H and O–H groups in total. The van der Waals surface area contributed by atoms with Crippen molar-refractivity contribution in [3.8, 4) is 17.1 Å². The molecule has 0 bridgehead atoms. The Balaban J connectivity index is 1.21. The highest BCUT2D eigenvalue weighted by Crippen LogP contribution is 2.28. The first-order chi connectivity index (χ1) is 20.2. The molecule has 0 atom stereocenters. The van der Waals surface area contributed by atoms with Gasteiger partial charge in [-0.1, -0.05) is 72.8 Å². The lowest BCUT2D eigenvalue weighted by atomic mass is 10.1. The van der Waals surface area contributed by atoms with Crippen LogP contribution in [0.1, 0.15) is 28.7 Å². The van der Waals surface area contributed by atoms with Crippen molar-refractivity contribution in [3.63, 3.8) is 0 Å². The molecule has 0 radical (unpaired) electrons. The van der Waals surface area contributed by atoms with Crippen molar-refractivity contribution in [1.29, 1.82) is 0 Å². The molecule has 2 aromatic heterocycles. The fourth-order valence-corrected chi connectivity index (χ4v) is 5.27. The van der Waals surface area contributed by atoms with Crippen LogP contribution in [-0.4, -0.2) is 29.6 Å². The third-order valence-corrected chi connectivity index (χ3v) is 7.68. The van der Waals surface area contributed by atoms with Crippen LogP contribution in [0.15, 0.2) is 109 Å². The highest BCUT2D eigenvalue weighted by Gasteiger charge is 2.14. The molecule has 208 valence electrons. The van der Waals surface area contributed by atoms with Gasteiger partial charge in [0.15, 0.2) is 5.13 Å². The monoisotopic (exact) mass is 563 g/mol. The zero-order valence-corrected chi connectivity index (χ0v) is 23.9. The number of benzene rings is 3. The molecule has 0 aliphatic carbocycles. The third-order valence-electron chi connectivity index (χ3n) is 6.77. The third kappa shape index (κ3) is 8.25. The molecule has 0 spiro atoms. The van der Waals surface area contributed by atoms with Gasteiger partial charge < -0.3 is 14.4 Å². The molecule has 0 fully saturated rings. The molecule has 2 heterocycles. The Hall–Kier alpha value is -4.49. The van der Waals surface area contributed by atoms with Gasteiger partial charge in [-0.25, -0.2) is 4.98 Å². The summed E-state index contributed by atoms with van der Waals surface area (Å²) < 4.78 is 10.7. The number of nitrogens with zero attached hydrogens (tertiary/aromatic N) is 3. The number of anilines is 1. The smallest absolute Gasteiger partial charge is 0.305 e. The van der Waals surface area contributed by atoms with E-state index in [1.165, 1.54) is 18.2 Å². The maximum absolute atomic E-state index is 11.4. The van der Waals surface area contributed by atoms with Crippen LogP contribution in [-0.2, 0) is 35.5 Å². The summed E-state index contributed by atoms with van der Waals surface area (Å²) in [6, 6.07) is 32.9. The number of pyridine rings is 1. The Kier molecular flexibility index (Phi) is 9.74. The quantitative estimate of drug-likeness (QED) is 0.142. The van der Waals surface area contributed by atoms with Gasteiger partial charge in [0.1, 0.15) is 18.1 Å². The van der Waals surface area contributed by atoms with Crippen molar-refractivity contribution in [1.82, 2.24) is 9.97 Å². The largest absolute Gasteiger partial charge is 0.489 e. The standard InChI is InChI=1S/C34H33N3O3S/c1-39-33(38)19-16-27-14-17-30(18-15-27)40-24-29-12-10-28(11-13-29)23-37(22-20-26-7-3-2-4-8-26)34-36-32(25-41-34)31-9-5-6-21-35-31/h2-15,17-18,21,25H,16,19-20,22-24H2,1H3. The topological polar surface area (TPSA) is 64.6 Å². The number of thiazole rings is 1. The first-order valence-electron chi connectivity index (χ1n) is 13.7. The highest BCUT2D eigenvalue weighted by molar-refractivity contribution is 7.14. The lowest BCUT2D eigenvalue weighted by Crippen LogP contribution is -2.25. The molecular weight excluding hydrogens is 530 g/mol. The Labute approximate surface area is 245 Å². The van der Waals surface area contributed by atoms with E-state index in [1.54, 1.807) is 17.5 Å². The van der Waals surface area contributed by atoms with E-state index in [4.69, 9.17) is 14.5 Å². The molecule has 0 unspecified atom stereocenters. The number of hydrogen-bond donors (Lipinski definition) is 0. The minimum atomic E-state index is -0.200. The summed E-state index contributed by atoms with van der Waals surface area (Å²) in [6.45, 7) is 2.11. The van der Waals surface area contributed by atoms with Crippen molar-refractivity contribution in [2.45, 2.75) is 32.4 Å². The van der Waals surface area contributed by atoms with Gasteiger partial charge in [0.25, 0.3) is 0 Å². The van der Waals surface area contributed by atoms with Crippen molar-refractivity contribution in [2.75, 3.05) is 18.6 Å². The summed E-state index contributed by atoms with van der Waals surface area (Å²) in [5, 5.41) is 3.07. The van der Waals surface area contributed by atoms with Crippen molar-refractivity contribution in [2.24, 2.45) is 0 Å². The number of methoxy groups -OCH3 is 1. The summed E-state index contributed by atoms with van der Waals surface area (Å²) in [5.74, 6) is 0.601. The van der Waals surface area contributed by atoms with Crippen LogP contribution in [0.5, 0.6) is 5.75 Å². The van der Waals surface area contributed by atoms with Gasteiger partial charge in [0.05, 0.1) is 12.8 Å². The lowest BCUT2D eigenvalue weighted by molar-refractivity contribution is -0.140. The molecule has 0 amide bonds. The molecule has 0 saturated carbocycles. The van der Waals surface area contributed by atoms with Gasteiger partial charge in [-0.05, 0) is 59.4 Å². The molecule has 6 nitrogen and oxygen atoms in total. The number of hydrogen-bond acceptors (Lipinski definition) is 7. The second-order valence-corrected chi connectivity index (χ2v) is 10.5. The molecule has 0 saturated heterocycles. The van der Waals surface area contributed by atoms with E-state index in [9.17, 15) is 4.79 Å². The number of aromatic nitrogens is 2. The summed E-state index contributed by atoms with van der Waals surface area (Å²) in [7, 11) is 1.41. The number of aryl methyl sites for hydroxylation is 1. The van der Waals surface area contributed by atoms with E-state index in [0.717, 1.165) is 52.9 Å². The van der Waals surface area contributed by atoms with Crippen LogP contribution < -0.4 is 9.64 Å². The highest BCUT2D eigenvalue weighted by atomic mass is 32.1. The van der Waals surface area contributed by atoms with E-state index >= 15 is 0 Å². The maximum Gasteiger partial charge on any atom is 0.305 e. The van der Waals surface area contributed by atoms with E-state index in [0.29, 0.717) is 19.4 Å². The summed E-state index contributed by atoms with van der Waals surface area (Å²) in [6.07, 6.45) is 3.77. The minimum Gasteiger partial charge on any atom is -0.489 e. The lowest BCUT2D eigenvalue weighted by Gasteiger charge is -2.22. The van der Waals surface area contributed by atoms with Crippen molar-refractivity contribution in [3.05, 3.63) is 131 Å². The Morgan fingerprint density at radius 3 is 2.22 bits per heavy atom. The molecule has 3 aromatic carbocycles. The van der Waals surface area contributed by atoms with Crippen molar-refractivity contribution < 1.29 is 14.3 Å². The predicted octanol–water partition coefficient (Wildman–Crippen LogP) is 7.14. The summed E-state index contributed by atoms with van der Waals surface area (Å²) >= 11 is 1.65. The maximum atomic E-state index is 11.4. The predicted molar refractivity (Wildman–Crippen MR) is 164 cm³/mol. The average molecular weight is 564 g/mol. The molecule has 7 heteroatoms. The van der Waals surface area contributed by atoms with Gasteiger partial charge in [-0.2, -0.15) is 0 Å². The number of rotatable bonds is 13. The SMILES string of the molecule is COC(=O)CCc1ccc(OCc2ccc(CN(CCc3ccccc3)c3nc(-c4ccccn4)cs3)cc2)cc1. The van der Waals surface area contributed by atoms with Crippen LogP contribution in [0.3, 0.4) is 0 Å². The first kappa shape index (κ1) is 28.1. The molecule has 5 aromatic rings. The average Bonchev–Trinajstić information content (AvgIpc) is 3.53. The number of carbonyl (C=O) groups is 1. The first-order valence-corrected chi connectivity index (χ1v) is 14.6. The van der Waals surface area contributed by atoms with Gasteiger partial charge >= 0.3 is 5.97 Å². The summed E-state index contributed by atoms with van der Waals surface area (Å²) in [5.41, 5.74) is 6.49. The Morgan fingerprint density at radius 2 is 1.49 bits per heavy atom. The zero-order valence-electron chi connectivity index (χ0n) is 23.1. The fraction of sp³-hybridized carbons (Fsp3) is 0.206. The van der Waals surface area contributed by atoms with E-state index in [2.05, 4.69) is 69.9 Å². The normalized spacial score (nSPS) is 10.8. The second kappa shape index (κ2) is 14.2. The van der Waals surface area contributed by atoms with Crippen LogP contribution in [0.4, 0.5) is 5.13 Å². The van der Waals surface area contributed by atoms with Gasteiger partial charge in [0.2, 0.25) is 0 Å². The molecule has 0 aliphatic rings. The van der Waals surface area contributed by atoms with Crippen LogP contribution in [0.25, 0.3) is 11.4 Å². The number of carbonyl (C=O) groups excluding carboxylic acids is 1. The van der Waals surface area contributed by atoms with Gasteiger partial charge in [-0.3, -0.25) is 9.78 Å². The zero-order chi connectivity index (χ0) is 28.3. The molecular formula is C34H33N3O3S. The molecule has 41 heavy (non-hydrogen) atoms.